The third-order valence-corrected chi connectivity index (χ3v) is 4.36. The molecule has 1 saturated carbocycles. The summed E-state index contributed by atoms with van der Waals surface area (Å²) in [6, 6.07) is 6.04. The number of hydrogen-bond acceptors (Lipinski definition) is 3. The van der Waals surface area contributed by atoms with Gasteiger partial charge in [-0.3, -0.25) is 4.99 Å². The molecule has 0 unspecified atom stereocenters. The summed E-state index contributed by atoms with van der Waals surface area (Å²) in [6.07, 6.45) is 7.61. The molecule has 0 bridgehead atoms. The van der Waals surface area contributed by atoms with Gasteiger partial charge < -0.3 is 19.4 Å². The molecule has 0 atom stereocenters. The number of nitrogens with zero attached hydrogens (tertiary/aromatic N) is 4. The molecule has 1 fully saturated rings. The lowest BCUT2D eigenvalue weighted by atomic mass is 10.3. The van der Waals surface area contributed by atoms with Crippen molar-refractivity contribution in [1.82, 2.24) is 19.6 Å². The third kappa shape index (κ3) is 5.46. The highest BCUT2D eigenvalue weighted by molar-refractivity contribution is 5.79. The molecule has 0 aliphatic heterocycles. The first kappa shape index (κ1) is 17.7. The van der Waals surface area contributed by atoms with Crippen LogP contribution in [-0.4, -0.2) is 60.1 Å². The van der Waals surface area contributed by atoms with Crippen molar-refractivity contribution >= 4 is 11.6 Å². The zero-order chi connectivity index (χ0) is 17.5. The van der Waals surface area contributed by atoms with Crippen LogP contribution in [0, 0.1) is 5.92 Å². The molecule has 136 valence electrons. The maximum absolute atomic E-state index is 5.73. The van der Waals surface area contributed by atoms with Gasteiger partial charge >= 0.3 is 0 Å². The van der Waals surface area contributed by atoms with E-state index in [1.54, 1.807) is 0 Å². The normalized spacial score (nSPS) is 14.9. The summed E-state index contributed by atoms with van der Waals surface area (Å²) in [5.74, 6) is 1.75. The highest BCUT2D eigenvalue weighted by Gasteiger charge is 2.21. The first-order valence-corrected chi connectivity index (χ1v) is 9.26. The van der Waals surface area contributed by atoms with Gasteiger partial charge in [-0.2, -0.15) is 0 Å². The molecule has 0 amide bonds. The summed E-state index contributed by atoms with van der Waals surface area (Å²) in [4.78, 5) is 11.5. The maximum Gasteiger partial charge on any atom is 0.193 e. The second-order valence-corrected chi connectivity index (χ2v) is 6.62. The predicted octanol–water partition coefficient (Wildman–Crippen LogP) is 2.20. The number of hydrogen-bond donors (Lipinski definition) is 1. The van der Waals surface area contributed by atoms with Crippen LogP contribution >= 0.6 is 0 Å². The Labute approximate surface area is 149 Å². The minimum atomic E-state index is 0.722. The Morgan fingerprint density at radius 1 is 1.44 bits per heavy atom. The summed E-state index contributed by atoms with van der Waals surface area (Å²) >= 11 is 0. The predicted molar refractivity (Wildman–Crippen MR) is 101 cm³/mol. The number of pyridine rings is 1. The molecule has 0 aromatic carbocycles. The summed E-state index contributed by atoms with van der Waals surface area (Å²) < 4.78 is 7.78. The topological polar surface area (TPSA) is 54.2 Å². The monoisotopic (exact) mass is 343 g/mol. The number of ether oxygens (including phenoxy) is 1. The van der Waals surface area contributed by atoms with Crippen molar-refractivity contribution in [2.75, 3.05) is 39.9 Å². The molecular formula is C19H29N5O. The average molecular weight is 343 g/mol. The second kappa shape index (κ2) is 8.85. The first-order chi connectivity index (χ1) is 12.3. The summed E-state index contributed by atoms with van der Waals surface area (Å²) in [5.41, 5.74) is 2.06. The number of fused-ring (bicyclic) bond motifs is 1. The van der Waals surface area contributed by atoms with Gasteiger partial charge in [-0.1, -0.05) is 6.07 Å². The Balaban J connectivity index is 1.47. The van der Waals surface area contributed by atoms with Crippen LogP contribution in [0.15, 0.2) is 35.6 Å². The molecule has 6 nitrogen and oxygen atoms in total. The Hall–Kier alpha value is -2.08. The summed E-state index contributed by atoms with van der Waals surface area (Å²) in [7, 11) is 2.06. The van der Waals surface area contributed by atoms with Crippen LogP contribution in [0.1, 0.15) is 25.5 Å². The van der Waals surface area contributed by atoms with Gasteiger partial charge in [-0.25, -0.2) is 4.98 Å². The van der Waals surface area contributed by atoms with Crippen molar-refractivity contribution in [3.8, 4) is 0 Å². The number of nitrogens with one attached hydrogen (secondary N) is 1. The molecule has 2 aromatic heterocycles. The minimum Gasteiger partial charge on any atom is -0.379 e. The van der Waals surface area contributed by atoms with E-state index in [4.69, 9.17) is 9.73 Å². The summed E-state index contributed by atoms with van der Waals surface area (Å²) in [6.45, 7) is 6.20. The smallest absolute Gasteiger partial charge is 0.193 e. The van der Waals surface area contributed by atoms with E-state index in [1.165, 1.54) is 12.8 Å². The van der Waals surface area contributed by atoms with E-state index in [-0.39, 0.29) is 0 Å². The molecule has 1 N–H and O–H groups in total. The highest BCUT2D eigenvalue weighted by Crippen LogP contribution is 2.28. The third-order valence-electron chi connectivity index (χ3n) is 4.36. The quantitative estimate of drug-likeness (QED) is 0.431. The highest BCUT2D eigenvalue weighted by atomic mass is 16.5. The molecule has 1 aliphatic carbocycles. The van der Waals surface area contributed by atoms with Gasteiger partial charge in [0.05, 0.1) is 12.3 Å². The number of likely N-dealkylation sites (N-methyl/N-ethyl adjacent to an activating group) is 1. The van der Waals surface area contributed by atoms with Crippen LogP contribution in [-0.2, 0) is 11.2 Å². The number of guanidine groups is 1. The molecule has 6 heteroatoms. The van der Waals surface area contributed by atoms with Crippen molar-refractivity contribution in [2.24, 2.45) is 10.9 Å². The molecule has 0 saturated heterocycles. The standard InChI is InChI=1S/C19H29N5O/c1-3-20-19(23(2)12-13-25-15-16-7-8-16)21-10-9-17-14-24-11-5-4-6-18(24)22-17/h4-6,11,14,16H,3,7-10,12-13,15H2,1-2H3,(H,20,21). The lowest BCUT2D eigenvalue weighted by Crippen LogP contribution is -2.40. The zero-order valence-electron chi connectivity index (χ0n) is 15.3. The van der Waals surface area contributed by atoms with Gasteiger partial charge in [0.1, 0.15) is 5.65 Å². The Kier molecular flexibility index (Phi) is 6.28. The van der Waals surface area contributed by atoms with Crippen LogP contribution in [0.4, 0.5) is 0 Å². The van der Waals surface area contributed by atoms with Gasteiger partial charge in [0.2, 0.25) is 0 Å². The average Bonchev–Trinajstić information content (AvgIpc) is 3.35. The van der Waals surface area contributed by atoms with E-state index in [1.807, 2.05) is 28.8 Å². The number of imidazole rings is 1. The Morgan fingerprint density at radius 3 is 3.08 bits per heavy atom. The molecule has 3 rings (SSSR count). The van der Waals surface area contributed by atoms with Gasteiger partial charge in [0.15, 0.2) is 5.96 Å². The molecule has 1 aliphatic rings. The van der Waals surface area contributed by atoms with Gasteiger partial charge in [0, 0.05) is 52.1 Å². The fourth-order valence-corrected chi connectivity index (χ4v) is 2.70. The number of aromatic nitrogens is 2. The van der Waals surface area contributed by atoms with Crippen LogP contribution in [0.2, 0.25) is 0 Å². The number of aliphatic imine (C=N–C) groups is 1. The molecule has 0 radical (unpaired) electrons. The fourth-order valence-electron chi connectivity index (χ4n) is 2.70. The zero-order valence-corrected chi connectivity index (χ0v) is 15.3. The van der Waals surface area contributed by atoms with E-state index in [2.05, 4.69) is 35.4 Å². The van der Waals surface area contributed by atoms with Crippen molar-refractivity contribution < 1.29 is 4.74 Å². The largest absolute Gasteiger partial charge is 0.379 e. The van der Waals surface area contributed by atoms with Crippen LogP contribution < -0.4 is 5.32 Å². The molecular weight excluding hydrogens is 314 g/mol. The van der Waals surface area contributed by atoms with Crippen molar-refractivity contribution in [3.05, 3.63) is 36.3 Å². The van der Waals surface area contributed by atoms with Crippen LogP contribution in [0.5, 0.6) is 0 Å². The fraction of sp³-hybridized carbons (Fsp3) is 0.579. The lowest BCUT2D eigenvalue weighted by molar-refractivity contribution is 0.115. The first-order valence-electron chi connectivity index (χ1n) is 9.26. The van der Waals surface area contributed by atoms with Crippen molar-refractivity contribution in [2.45, 2.75) is 26.2 Å². The van der Waals surface area contributed by atoms with Crippen molar-refractivity contribution in [1.29, 1.82) is 0 Å². The molecule has 0 spiro atoms. The Bertz CT molecular complexity index is 659. The molecule has 2 aromatic rings. The van der Waals surface area contributed by atoms with E-state index in [9.17, 15) is 0 Å². The lowest BCUT2D eigenvalue weighted by Gasteiger charge is -2.22. The van der Waals surface area contributed by atoms with Crippen LogP contribution in [0.3, 0.4) is 0 Å². The Morgan fingerprint density at radius 2 is 2.32 bits per heavy atom. The molecule has 2 heterocycles. The van der Waals surface area contributed by atoms with E-state index >= 15 is 0 Å². The second-order valence-electron chi connectivity index (χ2n) is 6.62. The number of rotatable bonds is 9. The summed E-state index contributed by atoms with van der Waals surface area (Å²) in [5, 5.41) is 3.35. The molecule has 25 heavy (non-hydrogen) atoms. The van der Waals surface area contributed by atoms with Gasteiger partial charge in [-0.05, 0) is 37.8 Å². The van der Waals surface area contributed by atoms with Gasteiger partial charge in [0.25, 0.3) is 0 Å². The van der Waals surface area contributed by atoms with E-state index in [0.717, 1.165) is 62.5 Å². The van der Waals surface area contributed by atoms with Crippen LogP contribution in [0.25, 0.3) is 5.65 Å². The minimum absolute atomic E-state index is 0.722. The van der Waals surface area contributed by atoms with E-state index < -0.39 is 0 Å². The van der Waals surface area contributed by atoms with Crippen molar-refractivity contribution in [3.63, 3.8) is 0 Å². The van der Waals surface area contributed by atoms with E-state index in [0.29, 0.717) is 0 Å². The van der Waals surface area contributed by atoms with Gasteiger partial charge in [-0.15, -0.1) is 0 Å². The SMILES string of the molecule is CCNC(=NCCc1cn2ccccc2n1)N(C)CCOCC1CC1. The maximum atomic E-state index is 5.73.